The van der Waals surface area contributed by atoms with Crippen molar-refractivity contribution in [3.8, 4) is 10.6 Å². The zero-order valence-electron chi connectivity index (χ0n) is 17.2. The van der Waals surface area contributed by atoms with Crippen LogP contribution in [0.15, 0.2) is 47.8 Å². The van der Waals surface area contributed by atoms with E-state index >= 15 is 0 Å². The topological polar surface area (TPSA) is 74.3 Å². The summed E-state index contributed by atoms with van der Waals surface area (Å²) in [5.74, 6) is 0.0889. The number of carbonyl (C=O) groups excluding carboxylic acids is 2. The first kappa shape index (κ1) is 21.3. The summed E-state index contributed by atoms with van der Waals surface area (Å²) in [5, 5.41) is 9.02. The lowest BCUT2D eigenvalue weighted by Gasteiger charge is -2.17. The Hall–Kier alpha value is -2.90. The van der Waals surface area contributed by atoms with Crippen molar-refractivity contribution in [2.45, 2.75) is 26.2 Å². The Bertz CT molecular complexity index is 1100. The van der Waals surface area contributed by atoms with Crippen LogP contribution in [0.1, 0.15) is 24.1 Å². The monoisotopic (exact) mass is 454 g/mol. The molecule has 0 spiro atoms. The van der Waals surface area contributed by atoms with E-state index in [0.717, 1.165) is 28.4 Å². The fourth-order valence-corrected chi connectivity index (χ4v) is 4.44. The summed E-state index contributed by atoms with van der Waals surface area (Å²) in [7, 11) is 0. The number of benzene rings is 2. The number of hydrogen-bond acceptors (Lipinski definition) is 4. The predicted molar refractivity (Wildman–Crippen MR) is 126 cm³/mol. The van der Waals surface area contributed by atoms with Gasteiger partial charge in [0, 0.05) is 42.6 Å². The van der Waals surface area contributed by atoms with Crippen molar-refractivity contribution in [1.29, 1.82) is 0 Å². The highest BCUT2D eigenvalue weighted by Gasteiger charge is 2.22. The summed E-state index contributed by atoms with van der Waals surface area (Å²) in [6, 6.07) is 13.2. The first-order chi connectivity index (χ1) is 15.0. The highest BCUT2D eigenvalue weighted by molar-refractivity contribution is 7.13. The zero-order valence-corrected chi connectivity index (χ0v) is 18.7. The fourth-order valence-electron chi connectivity index (χ4n) is 3.42. The number of halogens is 1. The minimum absolute atomic E-state index is 0.0889. The third-order valence-electron chi connectivity index (χ3n) is 5.10. The molecule has 0 saturated carbocycles. The number of hydrogen-bond donors (Lipinski definition) is 2. The molecule has 3 amide bonds. The number of aryl methyl sites for hydroxylation is 1. The number of urea groups is 1. The second-order valence-corrected chi connectivity index (χ2v) is 8.72. The van der Waals surface area contributed by atoms with Crippen LogP contribution in [0.2, 0.25) is 5.02 Å². The largest absolute Gasteiger partial charge is 0.337 e. The van der Waals surface area contributed by atoms with Gasteiger partial charge in [-0.2, -0.15) is 0 Å². The maximum atomic E-state index is 12.3. The minimum atomic E-state index is -0.346. The van der Waals surface area contributed by atoms with E-state index < -0.39 is 0 Å². The summed E-state index contributed by atoms with van der Waals surface area (Å²) in [6.45, 7) is 3.19. The van der Waals surface area contributed by atoms with Gasteiger partial charge in [0.15, 0.2) is 0 Å². The van der Waals surface area contributed by atoms with E-state index in [4.69, 9.17) is 11.6 Å². The van der Waals surface area contributed by atoms with Crippen LogP contribution < -0.4 is 15.5 Å². The van der Waals surface area contributed by atoms with Crippen LogP contribution in [-0.4, -0.2) is 30.0 Å². The number of nitrogens with zero attached hydrogens (tertiary/aromatic N) is 2. The zero-order chi connectivity index (χ0) is 21.8. The maximum absolute atomic E-state index is 12.3. The highest BCUT2D eigenvalue weighted by Crippen LogP contribution is 2.30. The lowest BCUT2D eigenvalue weighted by molar-refractivity contribution is -0.117. The molecule has 6 nitrogen and oxygen atoms in total. The average Bonchev–Trinajstić information content (AvgIpc) is 3.39. The number of aromatic nitrogens is 1. The van der Waals surface area contributed by atoms with Crippen molar-refractivity contribution in [3.05, 3.63) is 64.1 Å². The van der Waals surface area contributed by atoms with Crippen LogP contribution in [0.4, 0.5) is 16.2 Å². The Kier molecular flexibility index (Phi) is 6.53. The van der Waals surface area contributed by atoms with Crippen LogP contribution in [-0.2, 0) is 11.2 Å². The SMILES string of the molecule is Cc1ccc(-c2nc(CCNC(=O)Nc3cc(N4CCCC4=O)ccc3Cl)cs2)cc1. The van der Waals surface area contributed by atoms with Crippen LogP contribution in [0, 0.1) is 6.92 Å². The number of thiazole rings is 1. The van der Waals surface area contributed by atoms with Crippen molar-refractivity contribution in [1.82, 2.24) is 10.3 Å². The Labute approximate surface area is 190 Å². The van der Waals surface area contributed by atoms with Crippen molar-refractivity contribution in [2.24, 2.45) is 0 Å². The molecule has 2 N–H and O–H groups in total. The van der Waals surface area contributed by atoms with E-state index in [9.17, 15) is 9.59 Å². The van der Waals surface area contributed by atoms with Crippen LogP contribution in [0.5, 0.6) is 0 Å². The van der Waals surface area contributed by atoms with Gasteiger partial charge in [-0.15, -0.1) is 11.3 Å². The van der Waals surface area contributed by atoms with Crippen LogP contribution in [0.3, 0.4) is 0 Å². The molecule has 0 atom stereocenters. The Morgan fingerprint density at radius 1 is 1.23 bits per heavy atom. The first-order valence-corrected chi connectivity index (χ1v) is 11.4. The number of amides is 3. The molecule has 1 aromatic heterocycles. The van der Waals surface area contributed by atoms with Gasteiger partial charge in [-0.3, -0.25) is 4.79 Å². The predicted octanol–water partition coefficient (Wildman–Crippen LogP) is 5.26. The molecule has 0 aliphatic carbocycles. The Balaban J connectivity index is 1.31. The van der Waals surface area contributed by atoms with Crippen molar-refractivity contribution in [2.75, 3.05) is 23.3 Å². The molecule has 0 unspecified atom stereocenters. The third kappa shape index (κ3) is 5.24. The minimum Gasteiger partial charge on any atom is -0.337 e. The van der Waals surface area contributed by atoms with Crippen molar-refractivity contribution >= 4 is 46.3 Å². The van der Waals surface area contributed by atoms with E-state index in [1.807, 2.05) is 5.38 Å². The fraction of sp³-hybridized carbons (Fsp3) is 0.261. The summed E-state index contributed by atoms with van der Waals surface area (Å²) in [4.78, 5) is 30.7. The van der Waals surface area contributed by atoms with Gasteiger partial charge < -0.3 is 15.5 Å². The van der Waals surface area contributed by atoms with E-state index in [1.165, 1.54) is 5.56 Å². The van der Waals surface area contributed by atoms with Gasteiger partial charge >= 0.3 is 6.03 Å². The van der Waals surface area contributed by atoms with E-state index in [0.29, 0.717) is 36.6 Å². The lowest BCUT2D eigenvalue weighted by atomic mass is 10.2. The van der Waals surface area contributed by atoms with Crippen LogP contribution in [0.25, 0.3) is 10.6 Å². The molecular weight excluding hydrogens is 432 g/mol. The summed E-state index contributed by atoms with van der Waals surface area (Å²) >= 11 is 7.83. The van der Waals surface area contributed by atoms with Crippen molar-refractivity contribution < 1.29 is 9.59 Å². The Morgan fingerprint density at radius 3 is 2.77 bits per heavy atom. The molecule has 0 radical (unpaired) electrons. The molecule has 31 heavy (non-hydrogen) atoms. The molecule has 4 rings (SSSR count). The normalized spacial score (nSPS) is 13.5. The van der Waals surface area contributed by atoms with Gasteiger partial charge in [0.2, 0.25) is 5.91 Å². The summed E-state index contributed by atoms with van der Waals surface area (Å²) < 4.78 is 0. The standard InChI is InChI=1S/C23H23ClN4O2S/c1-15-4-6-16(7-5-15)22-26-17(14-31-22)10-11-25-23(30)27-20-13-18(8-9-19(20)24)28-12-2-3-21(28)29/h4-9,13-14H,2-3,10-12H2,1H3,(H2,25,27,30). The highest BCUT2D eigenvalue weighted by atomic mass is 35.5. The summed E-state index contributed by atoms with van der Waals surface area (Å²) in [5.41, 5.74) is 4.47. The molecule has 8 heteroatoms. The van der Waals surface area contributed by atoms with E-state index in [2.05, 4.69) is 46.8 Å². The molecule has 2 aromatic carbocycles. The smallest absolute Gasteiger partial charge is 0.319 e. The van der Waals surface area contributed by atoms with E-state index in [1.54, 1.807) is 34.4 Å². The van der Waals surface area contributed by atoms with Gasteiger partial charge in [0.05, 0.1) is 16.4 Å². The van der Waals surface area contributed by atoms with Gasteiger partial charge in [-0.25, -0.2) is 9.78 Å². The number of anilines is 2. The second kappa shape index (κ2) is 9.49. The number of carbonyl (C=O) groups is 2. The third-order valence-corrected chi connectivity index (χ3v) is 6.37. The number of rotatable bonds is 6. The molecule has 1 aliphatic heterocycles. The van der Waals surface area contributed by atoms with E-state index in [-0.39, 0.29) is 11.9 Å². The van der Waals surface area contributed by atoms with Gasteiger partial charge in [-0.1, -0.05) is 41.4 Å². The molecule has 3 aromatic rings. The second-order valence-electron chi connectivity index (χ2n) is 7.45. The molecule has 160 valence electrons. The van der Waals surface area contributed by atoms with Gasteiger partial charge in [0.1, 0.15) is 5.01 Å². The first-order valence-electron chi connectivity index (χ1n) is 10.2. The number of nitrogens with one attached hydrogen (secondary N) is 2. The average molecular weight is 455 g/mol. The van der Waals surface area contributed by atoms with Crippen LogP contribution >= 0.6 is 22.9 Å². The molecule has 1 saturated heterocycles. The van der Waals surface area contributed by atoms with Gasteiger partial charge in [-0.05, 0) is 31.5 Å². The molecule has 1 aliphatic rings. The Morgan fingerprint density at radius 2 is 2.03 bits per heavy atom. The molecular formula is C23H23ClN4O2S. The van der Waals surface area contributed by atoms with Crippen molar-refractivity contribution in [3.63, 3.8) is 0 Å². The maximum Gasteiger partial charge on any atom is 0.319 e. The van der Waals surface area contributed by atoms with Gasteiger partial charge in [0.25, 0.3) is 0 Å². The molecule has 0 bridgehead atoms. The lowest BCUT2D eigenvalue weighted by Crippen LogP contribution is -2.30. The molecule has 1 fully saturated rings. The quantitative estimate of drug-likeness (QED) is 0.533. The molecule has 2 heterocycles. The summed E-state index contributed by atoms with van der Waals surface area (Å²) in [6.07, 6.45) is 2.02.